The van der Waals surface area contributed by atoms with Crippen molar-refractivity contribution in [3.63, 3.8) is 0 Å². The van der Waals surface area contributed by atoms with E-state index in [1.165, 1.54) is 6.33 Å². The summed E-state index contributed by atoms with van der Waals surface area (Å²) in [5, 5.41) is 12.2. The number of imidazole rings is 1. The van der Waals surface area contributed by atoms with E-state index in [4.69, 9.17) is 16.7 Å². The van der Waals surface area contributed by atoms with Crippen LogP contribution < -0.4 is 5.32 Å². The Balaban J connectivity index is 2.18. The molecule has 2 aromatic heterocycles. The molecule has 3 N–H and O–H groups in total. The Hall–Kier alpha value is -1.66. The number of halogens is 1. The summed E-state index contributed by atoms with van der Waals surface area (Å²) >= 11 is 5.75. The van der Waals surface area contributed by atoms with Gasteiger partial charge in [-0.3, -0.25) is 0 Å². The molecule has 0 aromatic carbocycles. The van der Waals surface area contributed by atoms with Gasteiger partial charge in [0, 0.05) is 6.54 Å². The minimum atomic E-state index is 0.0523. The molecule has 0 bridgehead atoms. The lowest BCUT2D eigenvalue weighted by Gasteiger charge is -2.03. The van der Waals surface area contributed by atoms with Crippen molar-refractivity contribution in [2.45, 2.75) is 6.92 Å². The molecule has 0 aliphatic rings. The zero-order chi connectivity index (χ0) is 12.3. The van der Waals surface area contributed by atoms with Gasteiger partial charge >= 0.3 is 0 Å². The number of nitrogens with zero attached hydrogens (tertiary/aromatic N) is 3. The lowest BCUT2D eigenvalue weighted by molar-refractivity contribution is 0.331. The van der Waals surface area contributed by atoms with Crippen molar-refractivity contribution >= 4 is 28.6 Å². The van der Waals surface area contributed by atoms with Gasteiger partial charge in [0.25, 0.3) is 0 Å². The van der Waals surface area contributed by atoms with E-state index in [1.54, 1.807) is 0 Å². The van der Waals surface area contributed by atoms with Gasteiger partial charge in [0.05, 0.1) is 6.61 Å². The molecule has 7 heteroatoms. The molecule has 6 nitrogen and oxygen atoms in total. The van der Waals surface area contributed by atoms with Crippen molar-refractivity contribution in [2.75, 3.05) is 18.5 Å². The summed E-state index contributed by atoms with van der Waals surface area (Å²) in [5.74, 6) is 0.636. The number of aliphatic hydroxyl groups excluding tert-OH is 1. The van der Waals surface area contributed by atoms with Crippen LogP contribution in [0.15, 0.2) is 18.0 Å². The Labute approximate surface area is 103 Å². The van der Waals surface area contributed by atoms with Crippen LogP contribution in [-0.2, 0) is 0 Å². The largest absolute Gasteiger partial charge is 0.392 e. The van der Waals surface area contributed by atoms with Gasteiger partial charge in [-0.1, -0.05) is 11.6 Å². The summed E-state index contributed by atoms with van der Waals surface area (Å²) in [6, 6.07) is 0. The van der Waals surface area contributed by atoms with E-state index in [9.17, 15) is 0 Å². The first kappa shape index (κ1) is 11.8. The maximum Gasteiger partial charge on any atom is 0.202 e. The maximum atomic E-state index is 8.85. The summed E-state index contributed by atoms with van der Waals surface area (Å²) in [6.07, 6.45) is 3.30. The first-order chi connectivity index (χ1) is 8.20. The number of fused-ring (bicyclic) bond motifs is 1. The Morgan fingerprint density at radius 3 is 3.18 bits per heavy atom. The summed E-state index contributed by atoms with van der Waals surface area (Å²) in [6.45, 7) is 2.47. The first-order valence-electron chi connectivity index (χ1n) is 5.07. The van der Waals surface area contributed by atoms with Crippen LogP contribution in [-0.4, -0.2) is 38.2 Å². The fourth-order valence-electron chi connectivity index (χ4n) is 1.32. The van der Waals surface area contributed by atoms with Crippen LogP contribution in [0.2, 0.25) is 5.28 Å². The van der Waals surface area contributed by atoms with E-state index in [2.05, 4.69) is 25.3 Å². The zero-order valence-corrected chi connectivity index (χ0v) is 9.99. The van der Waals surface area contributed by atoms with E-state index >= 15 is 0 Å². The number of hydrogen-bond acceptors (Lipinski definition) is 5. The third-order valence-corrected chi connectivity index (χ3v) is 2.41. The molecule has 0 saturated heterocycles. The number of aromatic nitrogens is 4. The van der Waals surface area contributed by atoms with Crippen LogP contribution in [0.4, 0.5) is 5.82 Å². The van der Waals surface area contributed by atoms with Crippen molar-refractivity contribution in [2.24, 2.45) is 0 Å². The predicted molar refractivity (Wildman–Crippen MR) is 66.0 cm³/mol. The zero-order valence-electron chi connectivity index (χ0n) is 9.24. The highest BCUT2D eigenvalue weighted by atomic mass is 35.5. The van der Waals surface area contributed by atoms with E-state index in [-0.39, 0.29) is 11.9 Å². The van der Waals surface area contributed by atoms with E-state index in [0.29, 0.717) is 23.5 Å². The van der Waals surface area contributed by atoms with E-state index in [0.717, 1.165) is 5.57 Å². The highest BCUT2D eigenvalue weighted by Gasteiger charge is 2.07. The van der Waals surface area contributed by atoms with Crippen LogP contribution in [0.5, 0.6) is 0 Å². The van der Waals surface area contributed by atoms with Crippen molar-refractivity contribution in [3.05, 3.63) is 23.3 Å². The molecule has 0 radical (unpaired) electrons. The number of aliphatic hydroxyl groups is 1. The number of nitrogens with one attached hydrogen (secondary N) is 2. The SMILES string of the molecule is C/C(=C\CNc1ncnc2nc(Cl)[nH]c12)CO. The molecule has 0 aliphatic carbocycles. The fourth-order valence-corrected chi connectivity index (χ4v) is 1.50. The van der Waals surface area contributed by atoms with Gasteiger partial charge in [-0.2, -0.15) is 4.98 Å². The second-order valence-corrected chi connectivity index (χ2v) is 3.90. The number of hydrogen-bond donors (Lipinski definition) is 3. The molecular formula is C10H12ClN5O. The van der Waals surface area contributed by atoms with Gasteiger partial charge in [-0.25, -0.2) is 9.97 Å². The van der Waals surface area contributed by atoms with Crippen LogP contribution in [0.1, 0.15) is 6.92 Å². The first-order valence-corrected chi connectivity index (χ1v) is 5.45. The van der Waals surface area contributed by atoms with Crippen molar-refractivity contribution in [1.82, 2.24) is 19.9 Å². The van der Waals surface area contributed by atoms with Gasteiger partial charge < -0.3 is 15.4 Å². The lowest BCUT2D eigenvalue weighted by Crippen LogP contribution is -2.03. The quantitative estimate of drug-likeness (QED) is 0.566. The molecule has 90 valence electrons. The van der Waals surface area contributed by atoms with Gasteiger partial charge in [-0.15, -0.1) is 0 Å². The molecule has 2 heterocycles. The van der Waals surface area contributed by atoms with Crippen molar-refractivity contribution < 1.29 is 5.11 Å². The van der Waals surface area contributed by atoms with Crippen LogP contribution in [0.3, 0.4) is 0 Å². The lowest BCUT2D eigenvalue weighted by atomic mass is 10.3. The van der Waals surface area contributed by atoms with Crippen molar-refractivity contribution in [3.8, 4) is 0 Å². The van der Waals surface area contributed by atoms with Gasteiger partial charge in [0.1, 0.15) is 11.8 Å². The number of aromatic amines is 1. The van der Waals surface area contributed by atoms with Crippen LogP contribution >= 0.6 is 11.6 Å². The van der Waals surface area contributed by atoms with Crippen LogP contribution in [0.25, 0.3) is 11.2 Å². The normalized spacial score (nSPS) is 12.1. The van der Waals surface area contributed by atoms with Gasteiger partial charge in [0.15, 0.2) is 11.5 Å². The Kier molecular flexibility index (Phi) is 3.55. The molecular weight excluding hydrogens is 242 g/mol. The molecule has 0 atom stereocenters. The molecule has 2 rings (SSSR count). The second-order valence-electron chi connectivity index (χ2n) is 3.54. The van der Waals surface area contributed by atoms with E-state index in [1.807, 2.05) is 13.0 Å². The third kappa shape index (κ3) is 2.72. The van der Waals surface area contributed by atoms with E-state index < -0.39 is 0 Å². The van der Waals surface area contributed by atoms with Crippen LogP contribution in [0, 0.1) is 0 Å². The monoisotopic (exact) mass is 253 g/mol. The third-order valence-electron chi connectivity index (χ3n) is 2.23. The minimum Gasteiger partial charge on any atom is -0.392 e. The summed E-state index contributed by atoms with van der Waals surface area (Å²) < 4.78 is 0. The summed E-state index contributed by atoms with van der Waals surface area (Å²) in [5.41, 5.74) is 2.09. The number of rotatable bonds is 4. The highest BCUT2D eigenvalue weighted by molar-refractivity contribution is 6.29. The average molecular weight is 254 g/mol. The summed E-state index contributed by atoms with van der Waals surface area (Å²) in [4.78, 5) is 15.0. The molecule has 17 heavy (non-hydrogen) atoms. The maximum absolute atomic E-state index is 8.85. The predicted octanol–water partition coefficient (Wildman–Crippen LogP) is 1.36. The Morgan fingerprint density at radius 2 is 2.41 bits per heavy atom. The smallest absolute Gasteiger partial charge is 0.202 e. The number of H-pyrrole nitrogens is 1. The summed E-state index contributed by atoms with van der Waals surface area (Å²) in [7, 11) is 0. The standard InChI is InChI=1S/C10H12ClN5O/c1-6(4-17)2-3-12-8-7-9(14-5-13-8)16-10(11)15-7/h2,5,17H,3-4H2,1H3,(H2,12,13,14,15,16)/b6-2+. The molecule has 0 unspecified atom stereocenters. The second kappa shape index (κ2) is 5.11. The average Bonchev–Trinajstić information content (AvgIpc) is 2.70. The molecule has 2 aromatic rings. The number of anilines is 1. The molecule has 0 fully saturated rings. The van der Waals surface area contributed by atoms with Gasteiger partial charge in [0.2, 0.25) is 5.28 Å². The van der Waals surface area contributed by atoms with Gasteiger partial charge in [-0.05, 0) is 18.5 Å². The molecule has 0 spiro atoms. The molecule has 0 amide bonds. The van der Waals surface area contributed by atoms with Crippen molar-refractivity contribution in [1.29, 1.82) is 0 Å². The molecule has 0 aliphatic heterocycles. The topological polar surface area (TPSA) is 86.7 Å². The Bertz CT molecular complexity index is 551. The Morgan fingerprint density at radius 1 is 1.59 bits per heavy atom. The highest BCUT2D eigenvalue weighted by Crippen LogP contribution is 2.18. The molecule has 0 saturated carbocycles. The fraction of sp³-hybridized carbons (Fsp3) is 0.300. The minimum absolute atomic E-state index is 0.0523.